The molecule has 1 aromatic carbocycles. The highest BCUT2D eigenvalue weighted by Crippen LogP contribution is 2.28. The zero-order valence-electron chi connectivity index (χ0n) is 8.52. The molecule has 4 nitrogen and oxygen atoms in total. The second kappa shape index (κ2) is 5.50. The van der Waals surface area contributed by atoms with Gasteiger partial charge in [0.1, 0.15) is 11.5 Å². The number of thioether (sulfide) groups is 1. The van der Waals surface area contributed by atoms with E-state index < -0.39 is 5.97 Å². The maximum atomic E-state index is 10.4. The summed E-state index contributed by atoms with van der Waals surface area (Å²) in [6.45, 7) is 0. The summed E-state index contributed by atoms with van der Waals surface area (Å²) < 4.78 is 10.1. The minimum Gasteiger partial charge on any atom is -0.497 e. The van der Waals surface area contributed by atoms with Crippen molar-refractivity contribution in [1.29, 1.82) is 0 Å². The molecule has 0 atom stereocenters. The lowest BCUT2D eigenvalue weighted by atomic mass is 10.3. The number of carboxylic acids is 1. The molecule has 0 saturated carbocycles. The summed E-state index contributed by atoms with van der Waals surface area (Å²) in [6.07, 6.45) is 0. The molecule has 1 aromatic rings. The van der Waals surface area contributed by atoms with Gasteiger partial charge >= 0.3 is 5.97 Å². The minimum absolute atomic E-state index is 0.0241. The monoisotopic (exact) mass is 228 g/mol. The molecular formula is C10H12O4S. The van der Waals surface area contributed by atoms with Crippen molar-refractivity contribution >= 4 is 17.7 Å². The molecule has 1 N–H and O–H groups in total. The summed E-state index contributed by atoms with van der Waals surface area (Å²) in [6, 6.07) is 5.29. The second-order valence-corrected chi connectivity index (χ2v) is 3.78. The van der Waals surface area contributed by atoms with Crippen LogP contribution in [0, 0.1) is 0 Å². The van der Waals surface area contributed by atoms with E-state index in [4.69, 9.17) is 14.6 Å². The third-order valence-electron chi connectivity index (χ3n) is 1.69. The minimum atomic E-state index is -0.846. The van der Waals surface area contributed by atoms with Crippen molar-refractivity contribution in [1.82, 2.24) is 0 Å². The average molecular weight is 228 g/mol. The van der Waals surface area contributed by atoms with Gasteiger partial charge in [-0.25, -0.2) is 0 Å². The van der Waals surface area contributed by atoms with Crippen molar-refractivity contribution < 1.29 is 19.4 Å². The number of hydrogen-bond acceptors (Lipinski definition) is 4. The smallest absolute Gasteiger partial charge is 0.313 e. The first-order valence-electron chi connectivity index (χ1n) is 4.23. The molecule has 0 heterocycles. The summed E-state index contributed by atoms with van der Waals surface area (Å²) in [7, 11) is 3.11. The number of carbonyl (C=O) groups is 1. The molecule has 0 aromatic heterocycles. The van der Waals surface area contributed by atoms with E-state index in [1.165, 1.54) is 11.8 Å². The van der Waals surface area contributed by atoms with E-state index in [0.717, 1.165) is 4.90 Å². The lowest BCUT2D eigenvalue weighted by molar-refractivity contribution is -0.133. The van der Waals surface area contributed by atoms with E-state index in [1.54, 1.807) is 32.4 Å². The van der Waals surface area contributed by atoms with E-state index >= 15 is 0 Å². The van der Waals surface area contributed by atoms with Crippen LogP contribution in [0.15, 0.2) is 23.1 Å². The maximum absolute atomic E-state index is 10.4. The summed E-state index contributed by atoms with van der Waals surface area (Å²) in [5.41, 5.74) is 0. The van der Waals surface area contributed by atoms with Crippen LogP contribution < -0.4 is 9.47 Å². The van der Waals surface area contributed by atoms with Crippen LogP contribution in [0.25, 0.3) is 0 Å². The predicted molar refractivity (Wildman–Crippen MR) is 57.9 cm³/mol. The van der Waals surface area contributed by atoms with Crippen molar-refractivity contribution in [3.05, 3.63) is 18.2 Å². The number of hydrogen-bond donors (Lipinski definition) is 1. The molecule has 0 fully saturated rings. The third-order valence-corrected chi connectivity index (χ3v) is 2.65. The first kappa shape index (κ1) is 11.7. The molecule has 0 saturated heterocycles. The highest BCUT2D eigenvalue weighted by molar-refractivity contribution is 8.00. The van der Waals surface area contributed by atoms with Gasteiger partial charge in [-0.05, 0) is 12.1 Å². The van der Waals surface area contributed by atoms with E-state index in [-0.39, 0.29) is 5.75 Å². The van der Waals surface area contributed by atoms with Crippen LogP contribution in [0.4, 0.5) is 0 Å². The van der Waals surface area contributed by atoms with Gasteiger partial charge in [0.2, 0.25) is 0 Å². The summed E-state index contributed by atoms with van der Waals surface area (Å²) in [5.74, 6) is 0.488. The number of rotatable bonds is 5. The Morgan fingerprint density at radius 3 is 2.20 bits per heavy atom. The van der Waals surface area contributed by atoms with Crippen LogP contribution in [0.3, 0.4) is 0 Å². The fraction of sp³-hybridized carbons (Fsp3) is 0.300. The zero-order chi connectivity index (χ0) is 11.3. The van der Waals surface area contributed by atoms with E-state index in [9.17, 15) is 4.79 Å². The van der Waals surface area contributed by atoms with Gasteiger partial charge in [0, 0.05) is 11.0 Å². The Bertz CT molecular complexity index is 329. The Labute approximate surface area is 92.2 Å². The lowest BCUT2D eigenvalue weighted by Crippen LogP contribution is -1.97. The van der Waals surface area contributed by atoms with E-state index in [0.29, 0.717) is 11.5 Å². The van der Waals surface area contributed by atoms with Gasteiger partial charge in [0.25, 0.3) is 0 Å². The Morgan fingerprint density at radius 1 is 1.27 bits per heavy atom. The fourth-order valence-electron chi connectivity index (χ4n) is 1.01. The molecule has 82 valence electrons. The van der Waals surface area contributed by atoms with E-state index in [1.807, 2.05) is 0 Å². The van der Waals surface area contributed by atoms with Crippen LogP contribution in [0.2, 0.25) is 0 Å². The summed E-state index contributed by atoms with van der Waals surface area (Å²) >= 11 is 1.23. The normalized spacial score (nSPS) is 9.73. The molecule has 0 aliphatic carbocycles. The Balaban J connectivity index is 2.81. The van der Waals surface area contributed by atoms with Crippen LogP contribution in [-0.4, -0.2) is 31.0 Å². The number of benzene rings is 1. The van der Waals surface area contributed by atoms with Gasteiger partial charge in [-0.3, -0.25) is 4.79 Å². The van der Waals surface area contributed by atoms with Crippen molar-refractivity contribution in [2.24, 2.45) is 0 Å². The Kier molecular flexibility index (Phi) is 4.30. The van der Waals surface area contributed by atoms with Crippen molar-refractivity contribution in [2.75, 3.05) is 20.0 Å². The van der Waals surface area contributed by atoms with Gasteiger partial charge in [0.15, 0.2) is 0 Å². The SMILES string of the molecule is COc1cc(OC)cc(SCC(=O)O)c1. The molecule has 0 unspecified atom stereocenters. The van der Waals surface area contributed by atoms with Gasteiger partial charge in [-0.1, -0.05) is 0 Å². The van der Waals surface area contributed by atoms with Crippen molar-refractivity contribution in [3.8, 4) is 11.5 Å². The lowest BCUT2D eigenvalue weighted by Gasteiger charge is -2.07. The summed E-state index contributed by atoms with van der Waals surface area (Å²) in [4.78, 5) is 11.2. The molecule has 0 spiro atoms. The zero-order valence-corrected chi connectivity index (χ0v) is 9.34. The fourth-order valence-corrected chi connectivity index (χ4v) is 1.70. The van der Waals surface area contributed by atoms with Crippen LogP contribution in [-0.2, 0) is 4.79 Å². The van der Waals surface area contributed by atoms with E-state index in [2.05, 4.69) is 0 Å². The largest absolute Gasteiger partial charge is 0.497 e. The Morgan fingerprint density at radius 2 is 1.80 bits per heavy atom. The molecule has 0 radical (unpaired) electrons. The van der Waals surface area contributed by atoms with Gasteiger partial charge in [-0.15, -0.1) is 11.8 Å². The molecule has 0 bridgehead atoms. The maximum Gasteiger partial charge on any atom is 0.313 e. The Hall–Kier alpha value is -1.36. The second-order valence-electron chi connectivity index (χ2n) is 2.73. The first-order chi connectivity index (χ1) is 7.15. The van der Waals surface area contributed by atoms with Crippen LogP contribution in [0.5, 0.6) is 11.5 Å². The highest BCUT2D eigenvalue weighted by atomic mass is 32.2. The number of methoxy groups -OCH3 is 2. The topological polar surface area (TPSA) is 55.8 Å². The molecule has 5 heteroatoms. The van der Waals surface area contributed by atoms with Crippen LogP contribution >= 0.6 is 11.8 Å². The third kappa shape index (κ3) is 3.71. The standard InChI is InChI=1S/C10H12O4S/c1-13-7-3-8(14-2)5-9(4-7)15-6-10(11)12/h3-5H,6H2,1-2H3,(H,11,12). The van der Waals surface area contributed by atoms with Gasteiger partial charge < -0.3 is 14.6 Å². The molecule has 0 aliphatic rings. The molecule has 0 amide bonds. The average Bonchev–Trinajstić information content (AvgIpc) is 2.25. The molecule has 1 rings (SSSR count). The molecule has 15 heavy (non-hydrogen) atoms. The predicted octanol–water partition coefficient (Wildman–Crippen LogP) is 1.88. The highest BCUT2D eigenvalue weighted by Gasteiger charge is 2.04. The quantitative estimate of drug-likeness (QED) is 0.780. The number of aliphatic carboxylic acids is 1. The van der Waals surface area contributed by atoms with Gasteiger partial charge in [-0.2, -0.15) is 0 Å². The summed E-state index contributed by atoms with van der Waals surface area (Å²) in [5, 5.41) is 8.54. The molecule has 0 aliphatic heterocycles. The number of carboxylic acid groups (broad SMARTS) is 1. The van der Waals surface area contributed by atoms with Gasteiger partial charge in [0.05, 0.1) is 20.0 Å². The van der Waals surface area contributed by atoms with Crippen molar-refractivity contribution in [3.63, 3.8) is 0 Å². The van der Waals surface area contributed by atoms with Crippen molar-refractivity contribution in [2.45, 2.75) is 4.90 Å². The molecular weight excluding hydrogens is 216 g/mol. The first-order valence-corrected chi connectivity index (χ1v) is 5.22. The van der Waals surface area contributed by atoms with Crippen LogP contribution in [0.1, 0.15) is 0 Å². The number of ether oxygens (including phenoxy) is 2.